The summed E-state index contributed by atoms with van der Waals surface area (Å²) in [6.07, 6.45) is 1.06. The molecule has 0 spiro atoms. The number of amides is 1. The van der Waals surface area contributed by atoms with Gasteiger partial charge in [0.05, 0.1) is 30.4 Å². The molecule has 1 heterocycles. The highest BCUT2D eigenvalue weighted by Crippen LogP contribution is 2.34. The van der Waals surface area contributed by atoms with E-state index in [1.54, 1.807) is 26.4 Å². The number of ether oxygens (including phenoxy) is 3. The molecule has 1 atom stereocenters. The molecular formula is C19H29ClN2O4. The molecule has 0 bridgehead atoms. The number of nitrogens with one attached hydrogen (secondary N) is 1. The van der Waals surface area contributed by atoms with Crippen LogP contribution in [0.25, 0.3) is 0 Å². The Labute approximate surface area is 160 Å². The Morgan fingerprint density at radius 2 is 2.12 bits per heavy atom. The average molecular weight is 385 g/mol. The maximum absolute atomic E-state index is 12.6. The van der Waals surface area contributed by atoms with E-state index in [0.29, 0.717) is 34.5 Å². The van der Waals surface area contributed by atoms with Crippen molar-refractivity contribution >= 4 is 17.5 Å². The van der Waals surface area contributed by atoms with Gasteiger partial charge in [-0.15, -0.1) is 0 Å². The van der Waals surface area contributed by atoms with E-state index in [-0.39, 0.29) is 12.0 Å². The van der Waals surface area contributed by atoms with Crippen molar-refractivity contribution in [2.45, 2.75) is 26.4 Å². The quantitative estimate of drug-likeness (QED) is 0.709. The summed E-state index contributed by atoms with van der Waals surface area (Å²) in [7, 11) is 3.26. The summed E-state index contributed by atoms with van der Waals surface area (Å²) in [6.45, 7) is 8.16. The number of benzene rings is 1. The Morgan fingerprint density at radius 3 is 2.77 bits per heavy atom. The van der Waals surface area contributed by atoms with Gasteiger partial charge < -0.3 is 24.4 Å². The third kappa shape index (κ3) is 5.76. The van der Waals surface area contributed by atoms with E-state index in [1.807, 2.05) is 13.8 Å². The van der Waals surface area contributed by atoms with Gasteiger partial charge in [0, 0.05) is 32.8 Å². The Hall–Kier alpha value is -1.50. The standard InChI is InChI=1S/C19H29ClN2O4/c1-13(2)26-18-10-16(20)15(9-17(18)25-4)19(23)21-11-14-5-6-22(12-14)7-8-24-3/h9-10,13-14H,5-8,11-12H2,1-4H3,(H,21,23)/t14-/m0/s1. The fraction of sp³-hybridized carbons (Fsp3) is 0.632. The minimum atomic E-state index is -0.195. The number of carbonyl (C=O) groups excluding carboxylic acids is 1. The summed E-state index contributed by atoms with van der Waals surface area (Å²) in [5.74, 6) is 1.29. The van der Waals surface area contributed by atoms with Crippen LogP contribution in [0.15, 0.2) is 12.1 Å². The fourth-order valence-electron chi connectivity index (χ4n) is 3.05. The molecule has 0 aromatic heterocycles. The van der Waals surface area contributed by atoms with Crippen LogP contribution < -0.4 is 14.8 Å². The number of carbonyl (C=O) groups is 1. The molecule has 7 heteroatoms. The molecule has 1 aliphatic heterocycles. The fourth-order valence-corrected chi connectivity index (χ4v) is 3.29. The van der Waals surface area contributed by atoms with Crippen molar-refractivity contribution < 1.29 is 19.0 Å². The first kappa shape index (κ1) is 20.8. The Bertz CT molecular complexity index is 609. The van der Waals surface area contributed by atoms with Gasteiger partial charge in [0.15, 0.2) is 11.5 Å². The number of nitrogens with zero attached hydrogens (tertiary/aromatic N) is 1. The molecule has 1 saturated heterocycles. The SMILES string of the molecule is COCCN1CC[C@@H](CNC(=O)c2cc(OC)c(OC(C)C)cc2Cl)C1. The van der Waals surface area contributed by atoms with Crippen molar-refractivity contribution in [2.75, 3.05) is 47.0 Å². The minimum absolute atomic E-state index is 0.0111. The zero-order chi connectivity index (χ0) is 19.1. The van der Waals surface area contributed by atoms with Crippen molar-refractivity contribution in [2.24, 2.45) is 5.92 Å². The second-order valence-corrected chi connectivity index (χ2v) is 7.21. The zero-order valence-corrected chi connectivity index (χ0v) is 16.8. The molecule has 26 heavy (non-hydrogen) atoms. The van der Waals surface area contributed by atoms with Crippen LogP contribution in [0, 0.1) is 5.92 Å². The topological polar surface area (TPSA) is 60.0 Å². The maximum Gasteiger partial charge on any atom is 0.252 e. The highest BCUT2D eigenvalue weighted by molar-refractivity contribution is 6.34. The summed E-state index contributed by atoms with van der Waals surface area (Å²) >= 11 is 6.29. The smallest absolute Gasteiger partial charge is 0.252 e. The zero-order valence-electron chi connectivity index (χ0n) is 16.0. The van der Waals surface area contributed by atoms with Gasteiger partial charge >= 0.3 is 0 Å². The lowest BCUT2D eigenvalue weighted by atomic mass is 10.1. The molecule has 0 saturated carbocycles. The first-order valence-corrected chi connectivity index (χ1v) is 9.36. The molecule has 0 radical (unpaired) electrons. The van der Waals surface area contributed by atoms with E-state index in [1.165, 1.54) is 0 Å². The van der Waals surface area contributed by atoms with Crippen LogP contribution in [0.3, 0.4) is 0 Å². The molecule has 6 nitrogen and oxygen atoms in total. The lowest BCUT2D eigenvalue weighted by Crippen LogP contribution is -2.32. The molecule has 2 rings (SSSR count). The number of hydrogen-bond acceptors (Lipinski definition) is 5. The van der Waals surface area contributed by atoms with Crippen LogP contribution in [-0.2, 0) is 4.74 Å². The summed E-state index contributed by atoms with van der Waals surface area (Å²) in [4.78, 5) is 14.9. The monoisotopic (exact) mass is 384 g/mol. The summed E-state index contributed by atoms with van der Waals surface area (Å²) < 4.78 is 16.1. The van der Waals surface area contributed by atoms with Crippen molar-refractivity contribution in [3.63, 3.8) is 0 Å². The normalized spacial score (nSPS) is 17.5. The molecule has 1 N–H and O–H groups in total. The molecule has 0 aliphatic carbocycles. The van der Waals surface area contributed by atoms with Gasteiger partial charge in [-0.25, -0.2) is 0 Å². The van der Waals surface area contributed by atoms with Crippen molar-refractivity contribution in [1.29, 1.82) is 0 Å². The van der Waals surface area contributed by atoms with Crippen LogP contribution >= 0.6 is 11.6 Å². The third-order valence-corrected chi connectivity index (χ3v) is 4.71. The van der Waals surface area contributed by atoms with Crippen LogP contribution in [0.2, 0.25) is 5.02 Å². The number of rotatable bonds is 9. The molecule has 1 amide bonds. The lowest BCUT2D eigenvalue weighted by Gasteiger charge is -2.17. The molecule has 0 unspecified atom stereocenters. The van der Waals surface area contributed by atoms with Crippen molar-refractivity contribution in [3.8, 4) is 11.5 Å². The molecular weight excluding hydrogens is 356 g/mol. The first-order valence-electron chi connectivity index (χ1n) is 8.98. The Morgan fingerprint density at radius 1 is 1.35 bits per heavy atom. The van der Waals surface area contributed by atoms with E-state index < -0.39 is 0 Å². The van der Waals surface area contributed by atoms with Crippen molar-refractivity contribution in [3.05, 3.63) is 22.7 Å². The van der Waals surface area contributed by atoms with Crippen LogP contribution in [0.4, 0.5) is 0 Å². The van der Waals surface area contributed by atoms with Gasteiger partial charge in [-0.3, -0.25) is 4.79 Å². The van der Waals surface area contributed by atoms with E-state index in [0.717, 1.165) is 32.7 Å². The van der Waals surface area contributed by atoms with E-state index >= 15 is 0 Å². The Balaban J connectivity index is 1.95. The van der Waals surface area contributed by atoms with Gasteiger partial charge in [0.25, 0.3) is 5.91 Å². The molecule has 1 aromatic rings. The first-order chi connectivity index (χ1) is 12.4. The predicted molar refractivity (Wildman–Crippen MR) is 103 cm³/mol. The molecule has 1 aliphatic rings. The number of likely N-dealkylation sites (tertiary alicyclic amines) is 1. The molecule has 1 fully saturated rings. The lowest BCUT2D eigenvalue weighted by molar-refractivity contribution is 0.0946. The Kier molecular flexibility index (Phi) is 8.00. The number of halogens is 1. The van der Waals surface area contributed by atoms with Crippen molar-refractivity contribution in [1.82, 2.24) is 10.2 Å². The number of hydrogen-bond donors (Lipinski definition) is 1. The van der Waals surface area contributed by atoms with Gasteiger partial charge in [-0.1, -0.05) is 11.6 Å². The highest BCUT2D eigenvalue weighted by atomic mass is 35.5. The second-order valence-electron chi connectivity index (χ2n) is 6.81. The van der Waals surface area contributed by atoms with Crippen LogP contribution in [0.5, 0.6) is 11.5 Å². The van der Waals surface area contributed by atoms with Gasteiger partial charge in [-0.05, 0) is 38.8 Å². The largest absolute Gasteiger partial charge is 0.493 e. The van der Waals surface area contributed by atoms with E-state index in [9.17, 15) is 4.79 Å². The second kappa shape index (κ2) is 10.00. The van der Waals surface area contributed by atoms with E-state index in [2.05, 4.69) is 10.2 Å². The van der Waals surface area contributed by atoms with Crippen LogP contribution in [-0.4, -0.2) is 63.9 Å². The summed E-state index contributed by atoms with van der Waals surface area (Å²) in [6, 6.07) is 3.27. The minimum Gasteiger partial charge on any atom is -0.493 e. The van der Waals surface area contributed by atoms with E-state index in [4.69, 9.17) is 25.8 Å². The summed E-state index contributed by atoms with van der Waals surface area (Å²) in [5, 5.41) is 3.35. The predicted octanol–water partition coefficient (Wildman–Crippen LogP) is 2.83. The van der Waals surface area contributed by atoms with Gasteiger partial charge in [0.2, 0.25) is 0 Å². The van der Waals surface area contributed by atoms with Gasteiger partial charge in [0.1, 0.15) is 0 Å². The highest BCUT2D eigenvalue weighted by Gasteiger charge is 2.23. The average Bonchev–Trinajstić information content (AvgIpc) is 3.05. The van der Waals surface area contributed by atoms with Crippen LogP contribution in [0.1, 0.15) is 30.6 Å². The third-order valence-electron chi connectivity index (χ3n) is 4.39. The molecule has 1 aromatic carbocycles. The molecule has 146 valence electrons. The number of methoxy groups -OCH3 is 2. The summed E-state index contributed by atoms with van der Waals surface area (Å²) in [5.41, 5.74) is 0.397. The maximum atomic E-state index is 12.6. The van der Waals surface area contributed by atoms with Gasteiger partial charge in [-0.2, -0.15) is 0 Å².